The average molecular weight is 297 g/mol. The smallest absolute Gasteiger partial charge is 0.390 e. The van der Waals surface area contributed by atoms with Crippen molar-refractivity contribution in [3.05, 3.63) is 30.1 Å². The van der Waals surface area contributed by atoms with E-state index in [1.54, 1.807) is 6.20 Å². The van der Waals surface area contributed by atoms with Crippen molar-refractivity contribution in [1.82, 2.24) is 4.98 Å². The molecule has 1 fully saturated rings. The number of quaternary nitrogens is 1. The Morgan fingerprint density at radius 3 is 2.95 bits per heavy atom. The molecule has 0 saturated carbocycles. The third-order valence-electron chi connectivity index (χ3n) is 4.47. The number of nitrogens with zero attached hydrogens (tertiary/aromatic N) is 2. The molecule has 2 heterocycles. The van der Waals surface area contributed by atoms with Crippen molar-refractivity contribution in [2.75, 3.05) is 27.2 Å². The van der Waals surface area contributed by atoms with E-state index < -0.39 is 8.80 Å². The first-order chi connectivity index (χ1) is 9.47. The Bertz CT molecular complexity index is 430. The molecule has 5 nitrogen and oxygen atoms in total. The van der Waals surface area contributed by atoms with Crippen LogP contribution >= 0.6 is 0 Å². The highest BCUT2D eigenvalue weighted by Crippen LogP contribution is 2.37. The number of rotatable bonds is 6. The maximum atomic E-state index is 9.62. The number of likely N-dealkylation sites (tertiary alicyclic amines) is 1. The van der Waals surface area contributed by atoms with Crippen molar-refractivity contribution < 1.29 is 18.5 Å². The van der Waals surface area contributed by atoms with Crippen molar-refractivity contribution in [3.63, 3.8) is 0 Å². The Kier molecular flexibility index (Phi) is 4.93. The fourth-order valence-electron chi connectivity index (χ4n) is 3.25. The molecule has 2 rings (SSSR count). The molecular weight excluding hydrogens is 272 g/mol. The van der Waals surface area contributed by atoms with Gasteiger partial charge in [0.05, 0.1) is 20.1 Å². The first-order valence-electron chi connectivity index (χ1n) is 7.21. The van der Waals surface area contributed by atoms with E-state index in [0.717, 1.165) is 24.0 Å². The summed E-state index contributed by atoms with van der Waals surface area (Å²) in [5.74, 6) is 0. The number of hydrogen-bond donors (Lipinski definition) is 2. The molecule has 0 aromatic carbocycles. The molecule has 0 amide bonds. The summed E-state index contributed by atoms with van der Waals surface area (Å²) < 4.78 is 5.74. The van der Waals surface area contributed by atoms with Gasteiger partial charge < -0.3 is 18.5 Å². The lowest BCUT2D eigenvalue weighted by Gasteiger charge is -2.36. The molecule has 0 radical (unpaired) electrons. The van der Waals surface area contributed by atoms with E-state index >= 15 is 0 Å². The Labute approximate surface area is 121 Å². The zero-order valence-electron chi connectivity index (χ0n) is 12.3. The van der Waals surface area contributed by atoms with Crippen LogP contribution in [0.4, 0.5) is 0 Å². The van der Waals surface area contributed by atoms with Crippen LogP contribution in [0.25, 0.3) is 0 Å². The molecule has 0 aliphatic carbocycles. The quantitative estimate of drug-likeness (QED) is 0.614. The largest absolute Gasteiger partial charge is 0.495 e. The SMILES string of the molecule is CO[Si](O)(O)CCC[N+]1(C)CCCC1c1cccnc1. The second-order valence-corrected chi connectivity index (χ2v) is 8.32. The maximum absolute atomic E-state index is 9.62. The lowest BCUT2D eigenvalue weighted by atomic mass is 10.1. The number of aromatic nitrogens is 1. The Morgan fingerprint density at radius 2 is 2.30 bits per heavy atom. The Hall–Kier alpha value is -0.793. The number of pyridine rings is 1. The van der Waals surface area contributed by atoms with Gasteiger partial charge in [-0.05, 0) is 6.07 Å². The zero-order chi connectivity index (χ0) is 14.6. The van der Waals surface area contributed by atoms with Crippen LogP contribution in [0.5, 0.6) is 0 Å². The van der Waals surface area contributed by atoms with Gasteiger partial charge in [0.1, 0.15) is 6.04 Å². The van der Waals surface area contributed by atoms with Gasteiger partial charge in [-0.25, -0.2) is 0 Å². The molecule has 20 heavy (non-hydrogen) atoms. The van der Waals surface area contributed by atoms with Crippen LogP contribution < -0.4 is 0 Å². The summed E-state index contributed by atoms with van der Waals surface area (Å²) in [5, 5.41) is 0. The second-order valence-electron chi connectivity index (χ2n) is 5.92. The van der Waals surface area contributed by atoms with Crippen LogP contribution in [-0.4, -0.2) is 55.1 Å². The van der Waals surface area contributed by atoms with Gasteiger partial charge in [0.25, 0.3) is 0 Å². The number of hydrogen-bond acceptors (Lipinski definition) is 4. The van der Waals surface area contributed by atoms with Crippen LogP contribution in [0.15, 0.2) is 24.5 Å². The highest BCUT2D eigenvalue weighted by Gasteiger charge is 2.40. The molecule has 6 heteroatoms. The van der Waals surface area contributed by atoms with Crippen molar-refractivity contribution in [3.8, 4) is 0 Å². The molecule has 1 aromatic rings. The molecule has 0 bridgehead atoms. The Balaban J connectivity index is 1.98. The van der Waals surface area contributed by atoms with Crippen molar-refractivity contribution in [1.29, 1.82) is 0 Å². The fraction of sp³-hybridized carbons (Fsp3) is 0.643. The molecule has 2 atom stereocenters. The summed E-state index contributed by atoms with van der Waals surface area (Å²) in [6, 6.07) is 4.98. The minimum absolute atomic E-state index is 0.372. The van der Waals surface area contributed by atoms with Crippen LogP contribution in [0.2, 0.25) is 6.04 Å². The summed E-state index contributed by atoms with van der Waals surface area (Å²) in [4.78, 5) is 23.5. The summed E-state index contributed by atoms with van der Waals surface area (Å²) in [7, 11) is 0.225. The summed E-state index contributed by atoms with van der Waals surface area (Å²) in [6.45, 7) is 2.08. The zero-order valence-corrected chi connectivity index (χ0v) is 13.3. The van der Waals surface area contributed by atoms with E-state index in [-0.39, 0.29) is 0 Å². The normalized spacial score (nSPS) is 26.9. The van der Waals surface area contributed by atoms with Crippen LogP contribution in [-0.2, 0) is 4.43 Å². The van der Waals surface area contributed by atoms with Gasteiger partial charge in [-0.1, -0.05) is 6.07 Å². The van der Waals surface area contributed by atoms with E-state index in [1.807, 2.05) is 12.3 Å². The van der Waals surface area contributed by atoms with Crippen LogP contribution in [0.3, 0.4) is 0 Å². The highest BCUT2D eigenvalue weighted by atomic mass is 28.4. The van der Waals surface area contributed by atoms with E-state index in [0.29, 0.717) is 12.1 Å². The molecule has 1 saturated heterocycles. The Morgan fingerprint density at radius 1 is 1.50 bits per heavy atom. The van der Waals surface area contributed by atoms with Crippen molar-refractivity contribution in [2.45, 2.75) is 31.3 Å². The maximum Gasteiger partial charge on any atom is 0.495 e. The molecule has 112 valence electrons. The van der Waals surface area contributed by atoms with E-state index in [1.165, 1.54) is 25.5 Å². The van der Waals surface area contributed by atoms with Gasteiger partial charge in [0.15, 0.2) is 0 Å². The topological polar surface area (TPSA) is 62.6 Å². The van der Waals surface area contributed by atoms with Gasteiger partial charge in [-0.3, -0.25) is 4.98 Å². The van der Waals surface area contributed by atoms with E-state index in [2.05, 4.69) is 18.1 Å². The van der Waals surface area contributed by atoms with Crippen LogP contribution in [0.1, 0.15) is 30.9 Å². The summed E-state index contributed by atoms with van der Waals surface area (Å²) in [6.07, 6.45) is 6.92. The first kappa shape index (κ1) is 15.6. The molecule has 0 spiro atoms. The van der Waals surface area contributed by atoms with Crippen molar-refractivity contribution in [2.24, 2.45) is 0 Å². The van der Waals surface area contributed by atoms with Gasteiger partial charge in [-0.15, -0.1) is 0 Å². The average Bonchev–Trinajstić information content (AvgIpc) is 2.81. The first-order valence-corrected chi connectivity index (χ1v) is 9.22. The van der Waals surface area contributed by atoms with Crippen LogP contribution in [0, 0.1) is 0 Å². The predicted molar refractivity (Wildman–Crippen MR) is 78.8 cm³/mol. The predicted octanol–water partition coefficient (Wildman–Crippen LogP) is 1.32. The molecule has 2 unspecified atom stereocenters. The third-order valence-corrected chi connectivity index (χ3v) is 6.13. The van der Waals surface area contributed by atoms with E-state index in [9.17, 15) is 9.59 Å². The van der Waals surface area contributed by atoms with Gasteiger partial charge >= 0.3 is 8.80 Å². The van der Waals surface area contributed by atoms with Gasteiger partial charge in [-0.2, -0.15) is 0 Å². The fourth-order valence-corrected chi connectivity index (χ4v) is 4.08. The third kappa shape index (κ3) is 3.65. The molecule has 1 aliphatic rings. The lowest BCUT2D eigenvalue weighted by Crippen LogP contribution is -2.45. The molecular formula is C14H25N2O3Si+. The van der Waals surface area contributed by atoms with E-state index in [4.69, 9.17) is 4.43 Å². The minimum atomic E-state index is -3.41. The minimum Gasteiger partial charge on any atom is -0.390 e. The lowest BCUT2D eigenvalue weighted by molar-refractivity contribution is -0.926. The molecule has 2 N–H and O–H groups in total. The summed E-state index contributed by atoms with van der Waals surface area (Å²) >= 11 is 0. The second kappa shape index (κ2) is 6.32. The van der Waals surface area contributed by atoms with Crippen molar-refractivity contribution >= 4 is 8.80 Å². The molecule has 1 aliphatic heterocycles. The van der Waals surface area contributed by atoms with Gasteiger partial charge in [0, 0.05) is 50.4 Å². The monoisotopic (exact) mass is 297 g/mol. The molecule has 1 aromatic heterocycles. The summed E-state index contributed by atoms with van der Waals surface area (Å²) in [5.41, 5.74) is 1.29. The highest BCUT2D eigenvalue weighted by molar-refractivity contribution is 6.57. The van der Waals surface area contributed by atoms with Gasteiger partial charge in [0.2, 0.25) is 0 Å². The standard InChI is InChI=1S/C14H25N2O3Si/c1-16(10-5-11-20(17,18)19-2)9-4-7-14(16)13-6-3-8-15-12-13/h3,6,8,12,14,17-18H,4-5,7,9-11H2,1-2H3/q+1.